The number of carbonyl (C=O) groups excluding carboxylic acids is 2. The Kier molecular flexibility index (Phi) is 7.80. The number of pyridine rings is 2. The van der Waals surface area contributed by atoms with E-state index in [9.17, 15) is 19.5 Å². The van der Waals surface area contributed by atoms with Gasteiger partial charge in [0.25, 0.3) is 5.56 Å². The fraction of sp³-hybridized carbons (Fsp3) is 0.273. The number of phenolic OH excluding ortho intramolecular Hbond substituents is 1. The maximum absolute atomic E-state index is 17.2. The van der Waals surface area contributed by atoms with E-state index in [1.165, 1.54) is 4.90 Å². The monoisotopic (exact) mass is 667 g/mol. The first-order valence-corrected chi connectivity index (χ1v) is 15.3. The summed E-state index contributed by atoms with van der Waals surface area (Å²) in [6.45, 7) is 10.8. The van der Waals surface area contributed by atoms with Crippen molar-refractivity contribution in [2.45, 2.75) is 45.7 Å². The van der Waals surface area contributed by atoms with Crippen molar-refractivity contribution in [3.8, 4) is 22.6 Å². The minimum absolute atomic E-state index is 0.00520. The molecule has 46 heavy (non-hydrogen) atoms. The van der Waals surface area contributed by atoms with E-state index in [1.54, 1.807) is 31.0 Å². The lowest BCUT2D eigenvalue weighted by molar-refractivity contribution is -0.130. The number of aryl methyl sites for hydroxylation is 1. The maximum Gasteiger partial charge on any atom is 0.281 e. The molecule has 4 heterocycles. The van der Waals surface area contributed by atoms with Gasteiger partial charge in [-0.15, -0.1) is 0 Å². The highest BCUT2D eigenvalue weighted by molar-refractivity contribution is 6.44. The highest BCUT2D eigenvalue weighted by atomic mass is 35.5. The van der Waals surface area contributed by atoms with Gasteiger partial charge in [0.05, 0.1) is 44.7 Å². The van der Waals surface area contributed by atoms with Crippen molar-refractivity contribution in [3.63, 3.8) is 0 Å². The fourth-order valence-electron chi connectivity index (χ4n) is 6.45. The molecule has 0 saturated carbocycles. The molecule has 2 amide bonds. The lowest BCUT2D eigenvalue weighted by atomic mass is 9.95. The van der Waals surface area contributed by atoms with Crippen LogP contribution in [0.4, 0.5) is 20.2 Å². The molecular formula is C33H29Cl2F2N5O4. The molecule has 0 radical (unpaired) electrons. The topological polar surface area (TPSA) is 108 Å². The van der Waals surface area contributed by atoms with E-state index in [0.717, 1.165) is 28.8 Å². The Bertz CT molecular complexity index is 2070. The number of halogens is 4. The first-order chi connectivity index (χ1) is 21.8. The number of anilines is 2. The van der Waals surface area contributed by atoms with Gasteiger partial charge in [-0.1, -0.05) is 43.6 Å². The van der Waals surface area contributed by atoms with Gasteiger partial charge in [0.2, 0.25) is 11.8 Å². The number of phenols is 1. The van der Waals surface area contributed by atoms with Crippen LogP contribution in [0, 0.1) is 18.6 Å². The fourth-order valence-corrected chi connectivity index (χ4v) is 6.86. The average Bonchev–Trinajstić information content (AvgIpc) is 2.99. The summed E-state index contributed by atoms with van der Waals surface area (Å²) < 4.78 is 34.7. The molecule has 2 aliphatic rings. The van der Waals surface area contributed by atoms with Crippen LogP contribution in [0.2, 0.25) is 10.0 Å². The van der Waals surface area contributed by atoms with Crippen molar-refractivity contribution in [1.29, 1.82) is 0 Å². The molecule has 13 heteroatoms. The molecule has 2 aromatic heterocycles. The van der Waals surface area contributed by atoms with Crippen LogP contribution >= 0.6 is 23.2 Å². The highest BCUT2D eigenvalue weighted by Gasteiger charge is 2.44. The SMILES string of the molecule is C=CC(=O)N1CC2C(=O)Nc3c(c4cc(F)c(-c5cc(O)cc(Cl)c5Cl)c(F)c4n(-c4c(C)ccnc4C(C)C)c3=O)N2CC1C. The van der Waals surface area contributed by atoms with E-state index < -0.39 is 40.7 Å². The Morgan fingerprint density at radius 2 is 1.89 bits per heavy atom. The number of carbonyl (C=O) groups is 2. The lowest BCUT2D eigenvalue weighted by Crippen LogP contribution is -2.64. The standard InChI is InChI=1S/C33H29Cl2F2N5O4/c1-6-23(44)40-13-22-32(45)39-28-31(41(22)12-16(40)5)19-11-21(36)24(18-9-17(43)10-20(34)25(18)35)26(37)30(19)42(33(28)46)29-15(4)7-8-38-27(29)14(2)3/h6-11,14,16,22,43H,1,12-13H2,2-5H3,(H,39,45). The van der Waals surface area contributed by atoms with Gasteiger partial charge in [0, 0.05) is 35.8 Å². The number of aromatic hydroxyl groups is 1. The quantitative estimate of drug-likeness (QED) is 0.247. The summed E-state index contributed by atoms with van der Waals surface area (Å²) in [6.07, 6.45) is 2.73. The molecular weight excluding hydrogens is 639 g/mol. The van der Waals surface area contributed by atoms with E-state index in [2.05, 4.69) is 16.9 Å². The largest absolute Gasteiger partial charge is 0.508 e. The molecule has 2 unspecified atom stereocenters. The smallest absolute Gasteiger partial charge is 0.281 e. The van der Waals surface area contributed by atoms with E-state index in [0.29, 0.717) is 11.3 Å². The number of benzene rings is 2. The number of aromatic nitrogens is 2. The van der Waals surface area contributed by atoms with Crippen LogP contribution in [-0.2, 0) is 9.59 Å². The summed E-state index contributed by atoms with van der Waals surface area (Å²) in [5.74, 6) is -3.70. The zero-order valence-electron chi connectivity index (χ0n) is 25.3. The zero-order chi connectivity index (χ0) is 33.4. The third kappa shape index (κ3) is 4.72. The number of nitrogens with zero attached hydrogens (tertiary/aromatic N) is 4. The number of amides is 2. The van der Waals surface area contributed by atoms with Crippen LogP contribution < -0.4 is 15.8 Å². The van der Waals surface area contributed by atoms with Gasteiger partial charge >= 0.3 is 0 Å². The van der Waals surface area contributed by atoms with Gasteiger partial charge < -0.3 is 20.2 Å². The lowest BCUT2D eigenvalue weighted by Gasteiger charge is -2.48. The molecule has 2 aliphatic heterocycles. The second-order valence-corrected chi connectivity index (χ2v) is 12.6. The number of nitrogens with one attached hydrogen (secondary N) is 1. The van der Waals surface area contributed by atoms with Gasteiger partial charge in [-0.05, 0) is 49.6 Å². The van der Waals surface area contributed by atoms with E-state index >= 15 is 8.78 Å². The average molecular weight is 669 g/mol. The van der Waals surface area contributed by atoms with Crippen LogP contribution in [0.5, 0.6) is 5.75 Å². The molecule has 6 rings (SSSR count). The van der Waals surface area contributed by atoms with Crippen LogP contribution in [0.3, 0.4) is 0 Å². The number of hydrogen-bond acceptors (Lipinski definition) is 6. The van der Waals surface area contributed by atoms with Crippen LogP contribution in [0.25, 0.3) is 27.7 Å². The molecule has 0 spiro atoms. The predicted molar refractivity (Wildman–Crippen MR) is 174 cm³/mol. The summed E-state index contributed by atoms with van der Waals surface area (Å²) in [7, 11) is 0. The van der Waals surface area contributed by atoms with Crippen molar-refractivity contribution >= 4 is 57.3 Å². The normalized spacial score (nSPS) is 17.6. The Hall–Kier alpha value is -4.48. The summed E-state index contributed by atoms with van der Waals surface area (Å²) in [4.78, 5) is 48.3. The molecule has 1 fully saturated rings. The number of hydrogen-bond donors (Lipinski definition) is 2. The molecule has 2 aromatic carbocycles. The molecule has 4 aromatic rings. The van der Waals surface area contributed by atoms with Gasteiger partial charge in [0.15, 0.2) is 5.82 Å². The maximum atomic E-state index is 17.2. The van der Waals surface area contributed by atoms with Gasteiger partial charge in [-0.25, -0.2) is 8.78 Å². The zero-order valence-corrected chi connectivity index (χ0v) is 26.8. The number of rotatable bonds is 4. The molecule has 2 atom stereocenters. The summed E-state index contributed by atoms with van der Waals surface area (Å²) >= 11 is 12.6. The summed E-state index contributed by atoms with van der Waals surface area (Å²) in [5.41, 5.74) is -0.596. The van der Waals surface area contributed by atoms with Crippen molar-refractivity contribution in [3.05, 3.63) is 86.4 Å². The van der Waals surface area contributed by atoms with Crippen molar-refractivity contribution in [2.24, 2.45) is 0 Å². The third-order valence-electron chi connectivity index (χ3n) is 8.57. The van der Waals surface area contributed by atoms with Gasteiger partial charge in [-0.2, -0.15) is 0 Å². The molecule has 238 valence electrons. The Labute approximate surface area is 272 Å². The Morgan fingerprint density at radius 1 is 1.17 bits per heavy atom. The Morgan fingerprint density at radius 3 is 2.57 bits per heavy atom. The Balaban J connectivity index is 1.77. The van der Waals surface area contributed by atoms with Crippen molar-refractivity contribution in [1.82, 2.24) is 14.5 Å². The van der Waals surface area contributed by atoms with Crippen LogP contribution in [0.15, 0.2) is 47.9 Å². The first-order valence-electron chi connectivity index (χ1n) is 14.5. The van der Waals surface area contributed by atoms with E-state index in [-0.39, 0.29) is 74.2 Å². The van der Waals surface area contributed by atoms with Crippen LogP contribution in [0.1, 0.15) is 37.9 Å². The van der Waals surface area contributed by atoms with Crippen molar-refractivity contribution in [2.75, 3.05) is 23.3 Å². The molecule has 2 N–H and O–H groups in total. The number of piperazine rings is 1. The van der Waals surface area contributed by atoms with Gasteiger partial charge in [-0.3, -0.25) is 23.9 Å². The minimum atomic E-state index is -1.14. The minimum Gasteiger partial charge on any atom is -0.508 e. The second-order valence-electron chi connectivity index (χ2n) is 11.8. The van der Waals surface area contributed by atoms with Crippen LogP contribution in [-0.4, -0.2) is 56.5 Å². The molecule has 0 bridgehead atoms. The summed E-state index contributed by atoms with van der Waals surface area (Å²) in [5, 5.41) is 12.6. The van der Waals surface area contributed by atoms with E-state index in [4.69, 9.17) is 23.2 Å². The second kappa shape index (κ2) is 11.4. The molecule has 0 aliphatic carbocycles. The van der Waals surface area contributed by atoms with Crippen molar-refractivity contribution < 1.29 is 23.5 Å². The first kappa shape index (κ1) is 31.5. The van der Waals surface area contributed by atoms with E-state index in [1.807, 2.05) is 13.8 Å². The predicted octanol–water partition coefficient (Wildman–Crippen LogP) is 6.32. The molecule has 9 nitrogen and oxygen atoms in total. The number of fused-ring (bicyclic) bond motifs is 5. The molecule has 1 saturated heterocycles. The van der Waals surface area contributed by atoms with Gasteiger partial charge in [0.1, 0.15) is 23.3 Å². The summed E-state index contributed by atoms with van der Waals surface area (Å²) in [6, 6.07) is 3.59. The highest BCUT2D eigenvalue weighted by Crippen LogP contribution is 2.46. The third-order valence-corrected chi connectivity index (χ3v) is 9.37.